The van der Waals surface area contributed by atoms with E-state index < -0.39 is 5.92 Å². The van der Waals surface area contributed by atoms with Crippen LogP contribution in [0.2, 0.25) is 0 Å². The lowest BCUT2D eigenvalue weighted by Crippen LogP contribution is -2.34. The van der Waals surface area contributed by atoms with Gasteiger partial charge >= 0.3 is 0 Å². The van der Waals surface area contributed by atoms with Crippen molar-refractivity contribution in [2.75, 3.05) is 18.1 Å². The molecule has 1 atom stereocenters. The molecule has 2 aliphatic rings. The van der Waals surface area contributed by atoms with Crippen molar-refractivity contribution in [1.82, 2.24) is 0 Å². The predicted octanol–water partition coefficient (Wildman–Crippen LogP) is 5.82. The van der Waals surface area contributed by atoms with Crippen molar-refractivity contribution in [3.8, 4) is 17.2 Å². The van der Waals surface area contributed by atoms with Crippen LogP contribution < -0.4 is 14.4 Å². The Labute approximate surface area is 204 Å². The van der Waals surface area contributed by atoms with Gasteiger partial charge in [-0.15, -0.1) is 0 Å². The summed E-state index contributed by atoms with van der Waals surface area (Å²) in [6.07, 6.45) is 0.763. The summed E-state index contributed by atoms with van der Waals surface area (Å²) in [5.41, 5.74) is 4.26. The van der Waals surface area contributed by atoms with Gasteiger partial charge in [0.05, 0.1) is 25.2 Å². The maximum atomic E-state index is 14.3. The average Bonchev–Trinajstić information content (AvgIpc) is 3.02. The zero-order chi connectivity index (χ0) is 23.8. The van der Waals surface area contributed by atoms with E-state index in [-0.39, 0.29) is 17.7 Å². The van der Waals surface area contributed by atoms with Crippen molar-refractivity contribution in [2.45, 2.75) is 18.4 Å². The first-order valence-electron chi connectivity index (χ1n) is 11.9. The molecule has 0 aliphatic carbocycles. The Morgan fingerprint density at radius 1 is 0.743 bits per heavy atom. The topological polar surface area (TPSA) is 59.0 Å². The average molecular weight is 464 g/mol. The van der Waals surface area contributed by atoms with Gasteiger partial charge in [-0.3, -0.25) is 9.69 Å². The van der Waals surface area contributed by atoms with Gasteiger partial charge < -0.3 is 14.6 Å². The number of nitrogens with zero attached hydrogens (tertiary/aromatic N) is 1. The summed E-state index contributed by atoms with van der Waals surface area (Å²) < 4.78 is 11.6. The van der Waals surface area contributed by atoms with Crippen molar-refractivity contribution in [3.05, 3.63) is 119 Å². The lowest BCUT2D eigenvalue weighted by atomic mass is 9.91. The quantitative estimate of drug-likeness (QED) is 0.414. The second-order valence-corrected chi connectivity index (χ2v) is 8.83. The van der Waals surface area contributed by atoms with Crippen LogP contribution in [0.15, 0.2) is 97.1 Å². The number of phenolic OH excluding ortho intramolecular Hbond substituents is 1. The van der Waals surface area contributed by atoms with Crippen LogP contribution in [0, 0.1) is 0 Å². The van der Waals surface area contributed by atoms with E-state index in [0.717, 1.165) is 28.8 Å². The van der Waals surface area contributed by atoms with Gasteiger partial charge in [0.1, 0.15) is 5.75 Å². The Balaban J connectivity index is 1.51. The molecule has 5 nitrogen and oxygen atoms in total. The molecular formula is C30H25NO4. The largest absolute Gasteiger partial charge is 0.507 e. The molecule has 1 amide bonds. The van der Waals surface area contributed by atoms with E-state index in [1.807, 2.05) is 89.8 Å². The first-order valence-corrected chi connectivity index (χ1v) is 11.9. The van der Waals surface area contributed by atoms with Crippen LogP contribution in [0.25, 0.3) is 0 Å². The SMILES string of the molecule is O=C1C(c2cc3c(cc2O)OCCCO3)c2ccccc2N1C(c1ccccc1)c1ccccc1. The van der Waals surface area contributed by atoms with Gasteiger partial charge in [0, 0.05) is 23.7 Å². The van der Waals surface area contributed by atoms with E-state index in [1.54, 1.807) is 12.1 Å². The predicted molar refractivity (Wildman–Crippen MR) is 134 cm³/mol. The van der Waals surface area contributed by atoms with Crippen LogP contribution in [0.5, 0.6) is 17.2 Å². The molecule has 174 valence electrons. The van der Waals surface area contributed by atoms with Gasteiger partial charge in [-0.2, -0.15) is 0 Å². The minimum absolute atomic E-state index is 0.0280. The molecule has 1 unspecified atom stereocenters. The highest BCUT2D eigenvalue weighted by molar-refractivity contribution is 6.08. The number of fused-ring (bicyclic) bond motifs is 2. The number of hydrogen-bond acceptors (Lipinski definition) is 4. The van der Waals surface area contributed by atoms with Crippen molar-refractivity contribution >= 4 is 11.6 Å². The van der Waals surface area contributed by atoms with Crippen LogP contribution in [-0.4, -0.2) is 24.2 Å². The van der Waals surface area contributed by atoms with Crippen molar-refractivity contribution < 1.29 is 19.4 Å². The summed E-state index contributed by atoms with van der Waals surface area (Å²) >= 11 is 0. The second kappa shape index (κ2) is 8.84. The zero-order valence-corrected chi connectivity index (χ0v) is 19.1. The first kappa shape index (κ1) is 21.3. The van der Waals surface area contributed by atoms with Crippen LogP contribution >= 0.6 is 0 Å². The van der Waals surface area contributed by atoms with Gasteiger partial charge in [-0.1, -0.05) is 78.9 Å². The Bertz CT molecular complexity index is 1330. The van der Waals surface area contributed by atoms with Gasteiger partial charge in [0.15, 0.2) is 11.5 Å². The Morgan fingerprint density at radius 3 is 1.97 bits per heavy atom. The minimum atomic E-state index is -0.654. The molecular weight excluding hydrogens is 438 g/mol. The first-order chi connectivity index (χ1) is 17.2. The van der Waals surface area contributed by atoms with Crippen LogP contribution in [0.4, 0.5) is 5.69 Å². The molecule has 0 radical (unpaired) electrons. The number of carbonyl (C=O) groups is 1. The summed E-state index contributed by atoms with van der Waals surface area (Å²) in [5, 5.41) is 11.0. The van der Waals surface area contributed by atoms with Crippen molar-refractivity contribution in [1.29, 1.82) is 0 Å². The smallest absolute Gasteiger partial charge is 0.240 e. The van der Waals surface area contributed by atoms with Gasteiger partial charge in [-0.25, -0.2) is 0 Å². The molecule has 5 heteroatoms. The fraction of sp³-hybridized carbons (Fsp3) is 0.167. The summed E-state index contributed by atoms with van der Waals surface area (Å²) in [6.45, 7) is 1.06. The lowest BCUT2D eigenvalue weighted by molar-refractivity contribution is -0.118. The van der Waals surface area contributed by atoms with Gasteiger partial charge in [0.2, 0.25) is 5.91 Å². The van der Waals surface area contributed by atoms with E-state index in [2.05, 4.69) is 0 Å². The summed E-state index contributed by atoms with van der Waals surface area (Å²) in [4.78, 5) is 16.2. The molecule has 0 fully saturated rings. The number of carbonyl (C=O) groups excluding carboxylic acids is 1. The number of benzene rings is 4. The van der Waals surface area contributed by atoms with Crippen LogP contribution in [0.3, 0.4) is 0 Å². The van der Waals surface area contributed by atoms with E-state index in [0.29, 0.717) is 30.3 Å². The van der Waals surface area contributed by atoms with E-state index in [4.69, 9.17) is 9.47 Å². The number of aromatic hydroxyl groups is 1. The fourth-order valence-electron chi connectivity index (χ4n) is 5.11. The monoisotopic (exact) mass is 463 g/mol. The molecule has 2 aliphatic heterocycles. The normalized spacial score (nSPS) is 16.8. The molecule has 0 spiro atoms. The standard InChI is InChI=1S/C30H25NO4/c32-25-19-27-26(34-16-9-17-35-27)18-23(25)28-22-14-7-8-15-24(22)31(30(28)33)29(20-10-3-1-4-11-20)21-12-5-2-6-13-21/h1-8,10-15,18-19,28-29,32H,9,16-17H2. The molecule has 0 bridgehead atoms. The molecule has 4 aromatic rings. The molecule has 4 aromatic carbocycles. The number of ether oxygens (including phenoxy) is 2. The second-order valence-electron chi connectivity index (χ2n) is 8.83. The summed E-state index contributed by atoms with van der Waals surface area (Å²) in [6, 6.07) is 31.0. The maximum absolute atomic E-state index is 14.3. The molecule has 0 saturated carbocycles. The molecule has 1 N–H and O–H groups in total. The third kappa shape index (κ3) is 3.69. The molecule has 6 rings (SSSR count). The highest BCUT2D eigenvalue weighted by Crippen LogP contribution is 2.50. The van der Waals surface area contributed by atoms with Crippen LogP contribution in [-0.2, 0) is 4.79 Å². The third-order valence-electron chi connectivity index (χ3n) is 6.69. The fourth-order valence-corrected chi connectivity index (χ4v) is 5.11. The zero-order valence-electron chi connectivity index (χ0n) is 19.1. The van der Waals surface area contributed by atoms with Gasteiger partial charge in [0.25, 0.3) is 0 Å². The van der Waals surface area contributed by atoms with E-state index in [1.165, 1.54) is 0 Å². The number of para-hydroxylation sites is 1. The number of amides is 1. The Kier molecular flexibility index (Phi) is 5.38. The number of phenols is 1. The summed E-state index contributed by atoms with van der Waals surface area (Å²) in [7, 11) is 0. The maximum Gasteiger partial charge on any atom is 0.240 e. The lowest BCUT2D eigenvalue weighted by Gasteiger charge is -2.30. The minimum Gasteiger partial charge on any atom is -0.507 e. The van der Waals surface area contributed by atoms with E-state index in [9.17, 15) is 9.90 Å². The number of anilines is 1. The Morgan fingerprint density at radius 2 is 1.31 bits per heavy atom. The van der Waals surface area contributed by atoms with Crippen LogP contribution in [0.1, 0.15) is 40.6 Å². The van der Waals surface area contributed by atoms with E-state index >= 15 is 0 Å². The number of hydrogen-bond donors (Lipinski definition) is 1. The highest BCUT2D eigenvalue weighted by Gasteiger charge is 2.43. The molecule has 2 heterocycles. The Hall–Kier alpha value is -4.25. The van der Waals surface area contributed by atoms with Crippen molar-refractivity contribution in [3.63, 3.8) is 0 Å². The molecule has 0 saturated heterocycles. The van der Waals surface area contributed by atoms with Crippen molar-refractivity contribution in [2.24, 2.45) is 0 Å². The highest BCUT2D eigenvalue weighted by atomic mass is 16.5. The number of rotatable bonds is 4. The van der Waals surface area contributed by atoms with Gasteiger partial charge in [-0.05, 0) is 28.8 Å². The summed E-state index contributed by atoms with van der Waals surface area (Å²) in [5.74, 6) is 0.347. The molecule has 0 aromatic heterocycles. The third-order valence-corrected chi connectivity index (χ3v) is 6.69. The molecule has 35 heavy (non-hydrogen) atoms.